The molecular weight excluding hydrogens is 319 g/mol. The fourth-order valence-corrected chi connectivity index (χ4v) is 3.53. The van der Waals surface area contributed by atoms with Crippen LogP contribution >= 0.6 is 0 Å². The molecule has 1 aromatic carbocycles. The lowest BCUT2D eigenvalue weighted by atomic mass is 10.00. The van der Waals surface area contributed by atoms with Gasteiger partial charge in [0.05, 0.1) is 6.42 Å². The molecule has 2 amide bonds. The predicted octanol–water partition coefficient (Wildman–Crippen LogP) is 3.49. The van der Waals surface area contributed by atoms with Crippen molar-refractivity contribution in [3.63, 3.8) is 0 Å². The lowest BCUT2D eigenvalue weighted by Crippen LogP contribution is -2.56. The molecule has 2 aliphatic heterocycles. The van der Waals surface area contributed by atoms with Crippen LogP contribution in [-0.4, -0.2) is 54.2 Å². The van der Waals surface area contributed by atoms with Crippen molar-refractivity contribution in [3.05, 3.63) is 29.8 Å². The molecule has 132 valence electrons. The summed E-state index contributed by atoms with van der Waals surface area (Å²) in [5, 5.41) is 2.73. The van der Waals surface area contributed by atoms with Gasteiger partial charge in [0.15, 0.2) is 0 Å². The van der Waals surface area contributed by atoms with E-state index in [9.17, 15) is 18.0 Å². The summed E-state index contributed by atoms with van der Waals surface area (Å²) in [6, 6.07) is 6.15. The summed E-state index contributed by atoms with van der Waals surface area (Å²) in [6.45, 7) is 3.31. The quantitative estimate of drug-likeness (QED) is 0.894. The van der Waals surface area contributed by atoms with Crippen LogP contribution in [0.2, 0.25) is 0 Å². The highest BCUT2D eigenvalue weighted by Gasteiger charge is 2.31. The number of piperazine rings is 1. The van der Waals surface area contributed by atoms with Gasteiger partial charge in [-0.15, -0.1) is 0 Å². The van der Waals surface area contributed by atoms with Gasteiger partial charge in [-0.25, -0.2) is 4.79 Å². The Morgan fingerprint density at radius 1 is 1.21 bits per heavy atom. The van der Waals surface area contributed by atoms with E-state index in [1.54, 1.807) is 11.0 Å². The molecule has 2 saturated heterocycles. The van der Waals surface area contributed by atoms with E-state index in [0.29, 0.717) is 24.8 Å². The van der Waals surface area contributed by atoms with Gasteiger partial charge >= 0.3 is 12.2 Å². The maximum absolute atomic E-state index is 12.5. The molecule has 0 bridgehead atoms. The lowest BCUT2D eigenvalue weighted by molar-refractivity contribution is -0.127. The summed E-state index contributed by atoms with van der Waals surface area (Å²) < 4.78 is 37.5. The number of fused-ring (bicyclic) bond motifs is 1. The van der Waals surface area contributed by atoms with Crippen LogP contribution in [0.5, 0.6) is 0 Å². The number of carbonyl (C=O) groups excluding carboxylic acids is 1. The standard InChI is InChI=1S/C17H22F3N3O/c18-17(19,20)11-13-4-3-5-14(10-13)21-16(24)23-9-8-22-7-2-1-6-15(22)12-23/h3-5,10,15H,1-2,6-9,11-12H2,(H,21,24). The molecule has 0 saturated carbocycles. The van der Waals surface area contributed by atoms with Crippen molar-refractivity contribution in [1.82, 2.24) is 9.80 Å². The van der Waals surface area contributed by atoms with E-state index in [2.05, 4.69) is 10.2 Å². The smallest absolute Gasteiger partial charge is 0.322 e. The number of amides is 2. The Labute approximate surface area is 139 Å². The summed E-state index contributed by atoms with van der Waals surface area (Å²) in [5.74, 6) is 0. The summed E-state index contributed by atoms with van der Waals surface area (Å²) in [5.41, 5.74) is 0.560. The number of halogens is 3. The van der Waals surface area contributed by atoms with E-state index < -0.39 is 12.6 Å². The third kappa shape index (κ3) is 4.41. The molecule has 7 heteroatoms. The van der Waals surface area contributed by atoms with Gasteiger partial charge in [-0.2, -0.15) is 13.2 Å². The molecule has 2 heterocycles. The van der Waals surface area contributed by atoms with Crippen LogP contribution in [0.4, 0.5) is 23.7 Å². The first-order valence-corrected chi connectivity index (χ1v) is 8.36. The number of piperidine rings is 1. The highest BCUT2D eigenvalue weighted by atomic mass is 19.4. The number of rotatable bonds is 2. The van der Waals surface area contributed by atoms with Crippen LogP contribution in [0.15, 0.2) is 24.3 Å². The lowest BCUT2D eigenvalue weighted by Gasteiger charge is -2.43. The second-order valence-electron chi connectivity index (χ2n) is 6.55. The summed E-state index contributed by atoms with van der Waals surface area (Å²) in [6.07, 6.45) is -1.73. The number of alkyl halides is 3. The number of anilines is 1. The molecular formula is C17H22F3N3O. The molecule has 1 unspecified atom stereocenters. The van der Waals surface area contributed by atoms with Gasteiger partial charge in [-0.1, -0.05) is 18.6 Å². The van der Waals surface area contributed by atoms with Crippen LogP contribution in [0.1, 0.15) is 24.8 Å². The van der Waals surface area contributed by atoms with Crippen LogP contribution in [0, 0.1) is 0 Å². The number of hydrogen-bond acceptors (Lipinski definition) is 2. The summed E-state index contributed by atoms with van der Waals surface area (Å²) >= 11 is 0. The Morgan fingerprint density at radius 3 is 2.83 bits per heavy atom. The van der Waals surface area contributed by atoms with Gasteiger partial charge in [-0.3, -0.25) is 4.90 Å². The first kappa shape index (κ1) is 17.1. The number of hydrogen-bond donors (Lipinski definition) is 1. The highest BCUT2D eigenvalue weighted by molar-refractivity contribution is 5.89. The maximum atomic E-state index is 12.5. The zero-order valence-electron chi connectivity index (χ0n) is 13.5. The minimum atomic E-state index is -4.25. The number of urea groups is 1. The van der Waals surface area contributed by atoms with E-state index in [4.69, 9.17) is 0 Å². The van der Waals surface area contributed by atoms with E-state index >= 15 is 0 Å². The summed E-state index contributed by atoms with van der Waals surface area (Å²) in [4.78, 5) is 16.6. The normalized spacial score (nSPS) is 22.1. The minimum Gasteiger partial charge on any atom is -0.322 e. The second kappa shape index (κ2) is 7.01. The minimum absolute atomic E-state index is 0.150. The Morgan fingerprint density at radius 2 is 2.04 bits per heavy atom. The van der Waals surface area contributed by atoms with Crippen molar-refractivity contribution >= 4 is 11.7 Å². The van der Waals surface area contributed by atoms with Crippen LogP contribution in [-0.2, 0) is 6.42 Å². The molecule has 0 aromatic heterocycles. The third-order valence-corrected chi connectivity index (χ3v) is 4.71. The average molecular weight is 341 g/mol. The number of benzene rings is 1. The van der Waals surface area contributed by atoms with Crippen molar-refractivity contribution < 1.29 is 18.0 Å². The first-order chi connectivity index (χ1) is 11.4. The molecule has 24 heavy (non-hydrogen) atoms. The Balaban J connectivity index is 1.59. The topological polar surface area (TPSA) is 35.6 Å². The highest BCUT2D eigenvalue weighted by Crippen LogP contribution is 2.24. The monoisotopic (exact) mass is 341 g/mol. The van der Waals surface area contributed by atoms with Crippen LogP contribution in [0.25, 0.3) is 0 Å². The molecule has 4 nitrogen and oxygen atoms in total. The second-order valence-corrected chi connectivity index (χ2v) is 6.55. The van der Waals surface area contributed by atoms with E-state index in [1.807, 2.05) is 0 Å². The first-order valence-electron chi connectivity index (χ1n) is 8.36. The third-order valence-electron chi connectivity index (χ3n) is 4.71. The van der Waals surface area contributed by atoms with Crippen molar-refractivity contribution in [2.24, 2.45) is 0 Å². The summed E-state index contributed by atoms with van der Waals surface area (Å²) in [7, 11) is 0. The van der Waals surface area contributed by atoms with Gasteiger partial charge in [0.2, 0.25) is 0 Å². The van der Waals surface area contributed by atoms with E-state index in [-0.39, 0.29) is 11.6 Å². The van der Waals surface area contributed by atoms with Crippen molar-refractivity contribution in [2.45, 2.75) is 37.9 Å². The largest absolute Gasteiger partial charge is 0.393 e. The number of nitrogens with one attached hydrogen (secondary N) is 1. The van der Waals surface area contributed by atoms with Crippen molar-refractivity contribution in [1.29, 1.82) is 0 Å². The molecule has 3 rings (SSSR count). The Hall–Kier alpha value is -1.76. The molecule has 1 N–H and O–H groups in total. The molecule has 2 aliphatic rings. The zero-order chi connectivity index (χ0) is 17.2. The molecule has 0 spiro atoms. The SMILES string of the molecule is O=C(Nc1cccc(CC(F)(F)F)c1)N1CCN2CCCCC2C1. The van der Waals surface area contributed by atoms with Gasteiger partial charge in [-0.05, 0) is 37.1 Å². The maximum Gasteiger partial charge on any atom is 0.393 e. The number of carbonyl (C=O) groups is 1. The molecule has 0 aliphatic carbocycles. The molecule has 1 aromatic rings. The molecule has 1 atom stereocenters. The Kier molecular flexibility index (Phi) is 4.99. The van der Waals surface area contributed by atoms with Crippen LogP contribution < -0.4 is 5.32 Å². The van der Waals surface area contributed by atoms with E-state index in [0.717, 1.165) is 19.5 Å². The van der Waals surface area contributed by atoms with Crippen LogP contribution in [0.3, 0.4) is 0 Å². The Bertz CT molecular complexity index is 591. The predicted molar refractivity (Wildman–Crippen MR) is 86.0 cm³/mol. The zero-order valence-corrected chi connectivity index (χ0v) is 13.5. The number of nitrogens with zero attached hydrogens (tertiary/aromatic N) is 2. The van der Waals surface area contributed by atoms with Gasteiger partial charge in [0.25, 0.3) is 0 Å². The van der Waals surface area contributed by atoms with Gasteiger partial charge in [0.1, 0.15) is 0 Å². The van der Waals surface area contributed by atoms with Crippen molar-refractivity contribution in [3.8, 4) is 0 Å². The molecule has 2 fully saturated rings. The van der Waals surface area contributed by atoms with Gasteiger partial charge in [0, 0.05) is 31.4 Å². The van der Waals surface area contributed by atoms with E-state index in [1.165, 1.54) is 31.0 Å². The van der Waals surface area contributed by atoms with Gasteiger partial charge < -0.3 is 10.2 Å². The molecule has 0 radical (unpaired) electrons. The fraction of sp³-hybridized carbons (Fsp3) is 0.588. The fourth-order valence-electron chi connectivity index (χ4n) is 3.53. The average Bonchev–Trinajstić information content (AvgIpc) is 2.53. The van der Waals surface area contributed by atoms with Crippen molar-refractivity contribution in [2.75, 3.05) is 31.5 Å².